The van der Waals surface area contributed by atoms with Crippen LogP contribution >= 0.6 is 11.6 Å². The topological polar surface area (TPSA) is 30.5 Å². The molecule has 0 aromatic heterocycles. The molecule has 0 saturated heterocycles. The van der Waals surface area contributed by atoms with Crippen molar-refractivity contribution in [3.63, 3.8) is 0 Å². The molecule has 0 aliphatic heterocycles. The quantitative estimate of drug-likeness (QED) is 0.704. The van der Waals surface area contributed by atoms with Gasteiger partial charge in [-0.2, -0.15) is 0 Å². The van der Waals surface area contributed by atoms with E-state index in [1.807, 2.05) is 31.2 Å². The first kappa shape index (κ1) is 19.6. The lowest BCUT2D eigenvalue weighted by molar-refractivity contribution is 0.268. The Morgan fingerprint density at radius 3 is 2.32 bits per heavy atom. The van der Waals surface area contributed by atoms with Crippen molar-refractivity contribution in [2.75, 3.05) is 6.61 Å². The molecule has 2 aromatic carbocycles. The molecule has 0 radical (unpaired) electrons. The zero-order chi connectivity index (χ0) is 18.4. The van der Waals surface area contributed by atoms with Crippen LogP contribution in [0.1, 0.15) is 44.4 Å². The molecule has 25 heavy (non-hydrogen) atoms. The minimum Gasteiger partial charge on any atom is -0.490 e. The largest absolute Gasteiger partial charge is 0.490 e. The number of hydrogen-bond donors (Lipinski definition) is 1. The molecule has 0 atom stereocenters. The first-order chi connectivity index (χ1) is 11.8. The third kappa shape index (κ3) is 5.94. The Labute approximate surface area is 156 Å². The predicted molar refractivity (Wildman–Crippen MR) is 105 cm³/mol. The summed E-state index contributed by atoms with van der Waals surface area (Å²) < 4.78 is 11.8. The molecular formula is C21H28ClNO2. The molecule has 3 nitrogen and oxygen atoms in total. The SMILES string of the molecule is CCOc1cc(CNC(C)(C)C)c(Cl)cc1OCc1ccccc1C. The van der Waals surface area contributed by atoms with Crippen molar-refractivity contribution in [2.45, 2.75) is 53.3 Å². The lowest BCUT2D eigenvalue weighted by Crippen LogP contribution is -2.35. The van der Waals surface area contributed by atoms with Gasteiger partial charge >= 0.3 is 0 Å². The van der Waals surface area contributed by atoms with Crippen LogP contribution in [0.25, 0.3) is 0 Å². The standard InChI is InChI=1S/C21H28ClNO2/c1-6-24-19-11-17(13-23-21(3,4)5)18(22)12-20(19)25-14-16-10-8-7-9-15(16)2/h7-12,23H,6,13-14H2,1-5H3. The van der Waals surface area contributed by atoms with Crippen molar-refractivity contribution in [3.8, 4) is 11.5 Å². The van der Waals surface area contributed by atoms with Crippen LogP contribution in [0.4, 0.5) is 0 Å². The van der Waals surface area contributed by atoms with Crippen LogP contribution in [-0.4, -0.2) is 12.1 Å². The molecule has 0 aliphatic carbocycles. The van der Waals surface area contributed by atoms with E-state index in [-0.39, 0.29) is 5.54 Å². The number of ether oxygens (including phenoxy) is 2. The highest BCUT2D eigenvalue weighted by Gasteiger charge is 2.14. The molecule has 0 amide bonds. The summed E-state index contributed by atoms with van der Waals surface area (Å²) in [6.45, 7) is 12.2. The summed E-state index contributed by atoms with van der Waals surface area (Å²) in [5, 5.41) is 4.13. The summed E-state index contributed by atoms with van der Waals surface area (Å²) in [6, 6.07) is 12.0. The molecule has 0 fully saturated rings. The number of benzene rings is 2. The molecule has 0 aliphatic rings. The van der Waals surface area contributed by atoms with Gasteiger partial charge in [-0.3, -0.25) is 0 Å². The Morgan fingerprint density at radius 2 is 1.68 bits per heavy atom. The van der Waals surface area contributed by atoms with Crippen molar-refractivity contribution in [1.29, 1.82) is 0 Å². The highest BCUT2D eigenvalue weighted by molar-refractivity contribution is 6.31. The van der Waals surface area contributed by atoms with Gasteiger partial charge in [0.05, 0.1) is 6.61 Å². The zero-order valence-corrected chi connectivity index (χ0v) is 16.5. The van der Waals surface area contributed by atoms with E-state index in [9.17, 15) is 0 Å². The average molecular weight is 362 g/mol. The second-order valence-corrected chi connectivity index (χ2v) is 7.55. The van der Waals surface area contributed by atoms with Crippen LogP contribution < -0.4 is 14.8 Å². The van der Waals surface area contributed by atoms with Crippen molar-refractivity contribution in [2.24, 2.45) is 0 Å². The van der Waals surface area contributed by atoms with Crippen LogP contribution in [0, 0.1) is 6.92 Å². The number of nitrogens with one attached hydrogen (secondary N) is 1. The van der Waals surface area contributed by atoms with E-state index >= 15 is 0 Å². The summed E-state index contributed by atoms with van der Waals surface area (Å²) in [7, 11) is 0. The Morgan fingerprint density at radius 1 is 1.00 bits per heavy atom. The third-order valence-corrected chi connectivity index (χ3v) is 4.22. The molecule has 136 valence electrons. The van der Waals surface area contributed by atoms with Crippen LogP contribution in [0.3, 0.4) is 0 Å². The van der Waals surface area contributed by atoms with Crippen molar-refractivity contribution in [3.05, 3.63) is 58.1 Å². The minimum atomic E-state index is 0.0229. The van der Waals surface area contributed by atoms with Crippen LogP contribution in [0.2, 0.25) is 5.02 Å². The zero-order valence-electron chi connectivity index (χ0n) is 15.8. The van der Waals surface area contributed by atoms with Gasteiger partial charge in [-0.25, -0.2) is 0 Å². The maximum atomic E-state index is 6.47. The molecule has 2 rings (SSSR count). The Hall–Kier alpha value is -1.71. The second-order valence-electron chi connectivity index (χ2n) is 7.14. The first-order valence-electron chi connectivity index (χ1n) is 8.67. The van der Waals surface area contributed by atoms with E-state index in [0.29, 0.717) is 30.5 Å². The van der Waals surface area contributed by atoms with Crippen LogP contribution in [0.15, 0.2) is 36.4 Å². The lowest BCUT2D eigenvalue weighted by atomic mass is 10.1. The smallest absolute Gasteiger partial charge is 0.163 e. The Kier molecular flexibility index (Phi) is 6.74. The second kappa shape index (κ2) is 8.59. The van der Waals surface area contributed by atoms with Gasteiger partial charge in [-0.15, -0.1) is 0 Å². The number of hydrogen-bond acceptors (Lipinski definition) is 3. The maximum absolute atomic E-state index is 6.47. The number of halogens is 1. The predicted octanol–water partition coefficient (Wildman–Crippen LogP) is 5.51. The lowest BCUT2D eigenvalue weighted by Gasteiger charge is -2.22. The van der Waals surface area contributed by atoms with E-state index in [0.717, 1.165) is 16.9 Å². The molecule has 0 heterocycles. The maximum Gasteiger partial charge on any atom is 0.163 e. The average Bonchev–Trinajstić information content (AvgIpc) is 2.54. The van der Waals surface area contributed by atoms with Crippen LogP contribution in [-0.2, 0) is 13.2 Å². The van der Waals surface area contributed by atoms with E-state index < -0.39 is 0 Å². The van der Waals surface area contributed by atoms with E-state index in [2.05, 4.69) is 45.1 Å². The molecule has 0 unspecified atom stereocenters. The molecular weight excluding hydrogens is 334 g/mol. The first-order valence-corrected chi connectivity index (χ1v) is 9.05. The highest BCUT2D eigenvalue weighted by Crippen LogP contribution is 2.34. The van der Waals surface area contributed by atoms with E-state index in [1.165, 1.54) is 5.56 Å². The van der Waals surface area contributed by atoms with Gasteiger partial charge < -0.3 is 14.8 Å². The van der Waals surface area contributed by atoms with Crippen molar-refractivity contribution < 1.29 is 9.47 Å². The van der Waals surface area contributed by atoms with Gasteiger partial charge in [-0.1, -0.05) is 35.9 Å². The molecule has 1 N–H and O–H groups in total. The fraction of sp³-hybridized carbons (Fsp3) is 0.429. The number of rotatable bonds is 7. The normalized spacial score (nSPS) is 11.4. The third-order valence-electron chi connectivity index (χ3n) is 3.87. The fourth-order valence-corrected chi connectivity index (χ4v) is 2.60. The summed E-state index contributed by atoms with van der Waals surface area (Å²) in [5.41, 5.74) is 3.38. The molecule has 0 saturated carbocycles. The summed E-state index contributed by atoms with van der Waals surface area (Å²) in [5.74, 6) is 1.40. The monoisotopic (exact) mass is 361 g/mol. The highest BCUT2D eigenvalue weighted by atomic mass is 35.5. The van der Waals surface area contributed by atoms with E-state index in [4.69, 9.17) is 21.1 Å². The van der Waals surface area contributed by atoms with Crippen molar-refractivity contribution >= 4 is 11.6 Å². The molecule has 4 heteroatoms. The molecule has 0 spiro atoms. The van der Waals surface area contributed by atoms with Gasteiger partial charge in [0, 0.05) is 23.2 Å². The van der Waals surface area contributed by atoms with E-state index in [1.54, 1.807) is 0 Å². The molecule has 2 aromatic rings. The van der Waals surface area contributed by atoms with Crippen LogP contribution in [0.5, 0.6) is 11.5 Å². The van der Waals surface area contributed by atoms with Gasteiger partial charge in [0.2, 0.25) is 0 Å². The van der Waals surface area contributed by atoms with Crippen molar-refractivity contribution in [1.82, 2.24) is 5.32 Å². The Bertz CT molecular complexity index is 708. The summed E-state index contributed by atoms with van der Waals surface area (Å²) in [6.07, 6.45) is 0. The van der Waals surface area contributed by atoms with Gasteiger partial charge in [0.1, 0.15) is 6.61 Å². The van der Waals surface area contributed by atoms with Gasteiger partial charge in [-0.05, 0) is 57.4 Å². The molecule has 0 bridgehead atoms. The Balaban J connectivity index is 2.19. The summed E-state index contributed by atoms with van der Waals surface area (Å²) >= 11 is 6.47. The number of aryl methyl sites for hydroxylation is 1. The van der Waals surface area contributed by atoms with Gasteiger partial charge in [0.25, 0.3) is 0 Å². The van der Waals surface area contributed by atoms with Gasteiger partial charge in [0.15, 0.2) is 11.5 Å². The fourth-order valence-electron chi connectivity index (χ4n) is 2.38. The summed E-state index contributed by atoms with van der Waals surface area (Å²) in [4.78, 5) is 0. The minimum absolute atomic E-state index is 0.0229.